The summed E-state index contributed by atoms with van der Waals surface area (Å²) in [6.07, 6.45) is 0.752. The van der Waals surface area contributed by atoms with Gasteiger partial charge >= 0.3 is 0 Å². The highest BCUT2D eigenvalue weighted by Gasteiger charge is 2.26. The number of non-ortho nitro benzene ring substituents is 1. The van der Waals surface area contributed by atoms with Crippen molar-refractivity contribution in [3.05, 3.63) is 91.9 Å². The van der Waals surface area contributed by atoms with E-state index in [9.17, 15) is 14.9 Å². The van der Waals surface area contributed by atoms with Gasteiger partial charge in [-0.15, -0.1) is 0 Å². The molecule has 1 amide bonds. The maximum atomic E-state index is 13.0. The lowest BCUT2D eigenvalue weighted by molar-refractivity contribution is -0.384. The molecule has 3 aromatic rings. The van der Waals surface area contributed by atoms with Crippen molar-refractivity contribution in [3.8, 4) is 0 Å². The molecular formula is C26H29N5O3. The summed E-state index contributed by atoms with van der Waals surface area (Å²) in [5.74, 6) is 1.47. The van der Waals surface area contributed by atoms with Gasteiger partial charge in [0.1, 0.15) is 11.6 Å². The van der Waals surface area contributed by atoms with Crippen molar-refractivity contribution >= 4 is 17.4 Å². The highest BCUT2D eigenvalue weighted by molar-refractivity contribution is 5.95. The summed E-state index contributed by atoms with van der Waals surface area (Å²) in [6, 6.07) is 12.4. The maximum Gasteiger partial charge on any atom is 0.270 e. The monoisotopic (exact) mass is 459 g/mol. The van der Waals surface area contributed by atoms with E-state index in [1.165, 1.54) is 28.8 Å². The van der Waals surface area contributed by atoms with Crippen LogP contribution in [-0.4, -0.2) is 51.9 Å². The molecule has 0 spiro atoms. The van der Waals surface area contributed by atoms with Crippen LogP contribution >= 0.6 is 0 Å². The lowest BCUT2D eigenvalue weighted by Gasteiger charge is -2.36. The van der Waals surface area contributed by atoms with E-state index in [0.29, 0.717) is 31.7 Å². The van der Waals surface area contributed by atoms with Crippen molar-refractivity contribution in [1.82, 2.24) is 14.9 Å². The van der Waals surface area contributed by atoms with E-state index in [0.717, 1.165) is 29.3 Å². The number of nitro benzene ring substituents is 1. The van der Waals surface area contributed by atoms with E-state index in [4.69, 9.17) is 4.98 Å². The number of nitrogens with zero attached hydrogens (tertiary/aromatic N) is 5. The van der Waals surface area contributed by atoms with Crippen LogP contribution in [0.15, 0.2) is 42.5 Å². The number of aromatic nitrogens is 2. The number of piperazine rings is 1. The van der Waals surface area contributed by atoms with Gasteiger partial charge in [-0.1, -0.05) is 29.8 Å². The number of hydrogen-bond donors (Lipinski definition) is 0. The molecule has 8 nitrogen and oxygen atoms in total. The third-order valence-corrected chi connectivity index (χ3v) is 6.35. The molecule has 176 valence electrons. The van der Waals surface area contributed by atoms with Gasteiger partial charge in [-0.25, -0.2) is 9.97 Å². The molecule has 1 aromatic heterocycles. The molecule has 0 radical (unpaired) electrons. The standard InChI is InChI=1S/C26H29N5O3/c1-17-8-9-18(2)22(14-17)16-24-19(3)27-20(4)28-25(24)29-10-12-30(13-11-29)26(32)21-6-5-7-23(15-21)31(33)34/h5-9,14-15H,10-13,16H2,1-4H3. The number of carbonyl (C=O) groups is 1. The van der Waals surface area contributed by atoms with Gasteiger partial charge in [-0.05, 0) is 44.9 Å². The molecule has 1 saturated heterocycles. The zero-order valence-corrected chi connectivity index (χ0v) is 20.0. The Labute approximate surface area is 199 Å². The molecule has 0 unspecified atom stereocenters. The number of anilines is 1. The van der Waals surface area contributed by atoms with Crippen molar-refractivity contribution in [2.24, 2.45) is 0 Å². The Hall–Kier alpha value is -3.81. The predicted octanol–water partition coefficient (Wildman–Crippen LogP) is 4.17. The van der Waals surface area contributed by atoms with Crippen molar-refractivity contribution in [3.63, 3.8) is 0 Å². The number of aryl methyl sites for hydroxylation is 4. The first-order valence-corrected chi connectivity index (χ1v) is 11.4. The van der Waals surface area contributed by atoms with Gasteiger partial charge in [-0.3, -0.25) is 14.9 Å². The van der Waals surface area contributed by atoms with Crippen LogP contribution in [0.5, 0.6) is 0 Å². The molecule has 2 heterocycles. The summed E-state index contributed by atoms with van der Waals surface area (Å²) in [5.41, 5.74) is 6.07. The Bertz CT molecular complexity index is 1250. The van der Waals surface area contributed by atoms with Crippen LogP contribution < -0.4 is 4.90 Å². The average Bonchev–Trinajstić information content (AvgIpc) is 2.82. The summed E-state index contributed by atoms with van der Waals surface area (Å²) in [7, 11) is 0. The average molecular weight is 460 g/mol. The molecule has 1 aliphatic heterocycles. The van der Waals surface area contributed by atoms with Crippen LogP contribution in [0, 0.1) is 37.8 Å². The van der Waals surface area contributed by atoms with E-state index in [-0.39, 0.29) is 11.6 Å². The molecule has 8 heteroatoms. The molecular weight excluding hydrogens is 430 g/mol. The van der Waals surface area contributed by atoms with Crippen LogP contribution in [0.2, 0.25) is 0 Å². The number of amides is 1. The topological polar surface area (TPSA) is 92.5 Å². The summed E-state index contributed by atoms with van der Waals surface area (Å²) in [4.78, 5) is 37.0. The highest BCUT2D eigenvalue weighted by Crippen LogP contribution is 2.27. The Morgan fingerprint density at radius 3 is 2.44 bits per heavy atom. The number of rotatable bonds is 5. The smallest absolute Gasteiger partial charge is 0.270 e. The zero-order valence-electron chi connectivity index (χ0n) is 20.0. The molecule has 2 aromatic carbocycles. The SMILES string of the molecule is Cc1ccc(C)c(Cc2c(C)nc(C)nc2N2CCN(C(=O)c3cccc([N+](=O)[O-])c3)CC2)c1. The molecule has 0 atom stereocenters. The number of hydrogen-bond acceptors (Lipinski definition) is 6. The number of nitro groups is 1. The number of carbonyl (C=O) groups excluding carboxylic acids is 1. The summed E-state index contributed by atoms with van der Waals surface area (Å²) < 4.78 is 0. The first-order chi connectivity index (χ1) is 16.2. The fourth-order valence-corrected chi connectivity index (χ4v) is 4.42. The summed E-state index contributed by atoms with van der Waals surface area (Å²) >= 11 is 0. The van der Waals surface area contributed by atoms with Gasteiger partial charge in [0.25, 0.3) is 11.6 Å². The molecule has 0 bridgehead atoms. The Kier molecular flexibility index (Phi) is 6.58. The normalized spacial score (nSPS) is 13.8. The lowest BCUT2D eigenvalue weighted by atomic mass is 9.97. The third kappa shape index (κ3) is 4.90. The Morgan fingerprint density at radius 1 is 1.00 bits per heavy atom. The van der Waals surface area contributed by atoms with Crippen molar-refractivity contribution in [1.29, 1.82) is 0 Å². The quantitative estimate of drug-likeness (QED) is 0.420. The van der Waals surface area contributed by atoms with Gasteiger partial charge in [0.05, 0.1) is 4.92 Å². The number of benzene rings is 2. The van der Waals surface area contributed by atoms with Gasteiger partial charge in [0, 0.05) is 61.6 Å². The maximum absolute atomic E-state index is 13.0. The molecule has 4 rings (SSSR count). The Morgan fingerprint density at radius 2 is 1.74 bits per heavy atom. The highest BCUT2D eigenvalue weighted by atomic mass is 16.6. The minimum atomic E-state index is -0.480. The first-order valence-electron chi connectivity index (χ1n) is 11.4. The largest absolute Gasteiger partial charge is 0.353 e. The Balaban J connectivity index is 1.54. The second-order valence-electron chi connectivity index (χ2n) is 8.85. The molecule has 0 saturated carbocycles. The van der Waals surface area contributed by atoms with E-state index in [1.807, 2.05) is 13.8 Å². The lowest BCUT2D eigenvalue weighted by Crippen LogP contribution is -2.49. The summed E-state index contributed by atoms with van der Waals surface area (Å²) in [6.45, 7) is 10.5. The van der Waals surface area contributed by atoms with Gasteiger partial charge in [0.15, 0.2) is 0 Å². The van der Waals surface area contributed by atoms with Gasteiger partial charge in [-0.2, -0.15) is 0 Å². The van der Waals surface area contributed by atoms with Crippen LogP contribution in [0.1, 0.15) is 44.1 Å². The predicted molar refractivity (Wildman–Crippen MR) is 131 cm³/mol. The van der Waals surface area contributed by atoms with Crippen LogP contribution in [0.3, 0.4) is 0 Å². The van der Waals surface area contributed by atoms with Crippen molar-refractivity contribution < 1.29 is 9.72 Å². The minimum absolute atomic E-state index is 0.0764. The van der Waals surface area contributed by atoms with E-state index >= 15 is 0 Å². The van der Waals surface area contributed by atoms with Crippen molar-refractivity contribution in [2.75, 3.05) is 31.1 Å². The molecule has 1 fully saturated rings. The van der Waals surface area contributed by atoms with Crippen LogP contribution in [0.25, 0.3) is 0 Å². The fraction of sp³-hybridized carbons (Fsp3) is 0.346. The van der Waals surface area contributed by atoms with Crippen LogP contribution in [-0.2, 0) is 6.42 Å². The van der Waals surface area contributed by atoms with E-state index in [2.05, 4.69) is 41.9 Å². The molecule has 34 heavy (non-hydrogen) atoms. The summed E-state index contributed by atoms with van der Waals surface area (Å²) in [5, 5.41) is 11.1. The van der Waals surface area contributed by atoms with Crippen molar-refractivity contribution in [2.45, 2.75) is 34.1 Å². The fourth-order valence-electron chi connectivity index (χ4n) is 4.42. The molecule has 0 aliphatic carbocycles. The minimum Gasteiger partial charge on any atom is -0.353 e. The third-order valence-electron chi connectivity index (χ3n) is 6.35. The van der Waals surface area contributed by atoms with Crippen LogP contribution in [0.4, 0.5) is 11.5 Å². The second kappa shape index (κ2) is 9.59. The van der Waals surface area contributed by atoms with Gasteiger partial charge < -0.3 is 9.80 Å². The van der Waals surface area contributed by atoms with E-state index < -0.39 is 4.92 Å². The van der Waals surface area contributed by atoms with Gasteiger partial charge in [0.2, 0.25) is 0 Å². The van der Waals surface area contributed by atoms with E-state index in [1.54, 1.807) is 17.0 Å². The zero-order chi connectivity index (χ0) is 24.4. The molecule has 1 aliphatic rings. The first kappa shape index (κ1) is 23.4. The molecule has 0 N–H and O–H groups in total. The second-order valence-corrected chi connectivity index (χ2v) is 8.85.